The molecule has 102 valence electrons. The summed E-state index contributed by atoms with van der Waals surface area (Å²) in [5, 5.41) is 4.05. The van der Waals surface area contributed by atoms with Gasteiger partial charge in [0, 0.05) is 24.3 Å². The highest BCUT2D eigenvalue weighted by molar-refractivity contribution is 5.79. The monoisotopic (exact) mass is 272 g/mol. The first-order valence-corrected chi connectivity index (χ1v) is 6.39. The second-order valence-electron chi connectivity index (χ2n) is 4.83. The van der Waals surface area contributed by atoms with Crippen molar-refractivity contribution in [2.75, 3.05) is 5.32 Å². The first-order valence-electron chi connectivity index (χ1n) is 6.39. The van der Waals surface area contributed by atoms with Gasteiger partial charge in [-0.05, 0) is 41.6 Å². The van der Waals surface area contributed by atoms with Crippen molar-refractivity contribution in [2.24, 2.45) is 0 Å². The van der Waals surface area contributed by atoms with E-state index in [-0.39, 0.29) is 5.69 Å². The van der Waals surface area contributed by atoms with E-state index in [0.29, 0.717) is 12.1 Å². The summed E-state index contributed by atoms with van der Waals surface area (Å²) in [4.78, 5) is 3.12. The molecule has 2 N–H and O–H groups in total. The van der Waals surface area contributed by atoms with Gasteiger partial charge in [0.15, 0.2) is 0 Å². The van der Waals surface area contributed by atoms with E-state index in [0.717, 1.165) is 16.5 Å². The van der Waals surface area contributed by atoms with Gasteiger partial charge in [0.2, 0.25) is 0 Å². The van der Waals surface area contributed by atoms with E-state index in [9.17, 15) is 8.78 Å². The van der Waals surface area contributed by atoms with Crippen molar-refractivity contribution in [3.05, 3.63) is 65.4 Å². The minimum atomic E-state index is -0.440. The molecule has 1 heterocycles. The fraction of sp³-hybridized carbons (Fsp3) is 0.125. The number of fused-ring (bicyclic) bond motifs is 1. The highest BCUT2D eigenvalue weighted by atomic mass is 19.1. The van der Waals surface area contributed by atoms with Gasteiger partial charge >= 0.3 is 0 Å². The maximum atomic E-state index is 13.7. The maximum Gasteiger partial charge on any atom is 0.146 e. The second-order valence-corrected chi connectivity index (χ2v) is 4.83. The van der Waals surface area contributed by atoms with Crippen LogP contribution >= 0.6 is 0 Å². The van der Waals surface area contributed by atoms with Crippen LogP contribution in [0.5, 0.6) is 0 Å². The van der Waals surface area contributed by atoms with E-state index in [1.807, 2.05) is 30.5 Å². The molecule has 1 aromatic heterocycles. The molecule has 20 heavy (non-hydrogen) atoms. The molecular formula is C16H14F2N2. The van der Waals surface area contributed by atoms with Crippen molar-refractivity contribution in [3.63, 3.8) is 0 Å². The number of hydrogen-bond donors (Lipinski definition) is 2. The number of nitrogens with one attached hydrogen (secondary N) is 2. The van der Waals surface area contributed by atoms with Gasteiger partial charge in [-0.2, -0.15) is 0 Å². The van der Waals surface area contributed by atoms with E-state index in [1.165, 1.54) is 12.1 Å². The highest BCUT2D eigenvalue weighted by Crippen LogP contribution is 2.20. The molecule has 4 heteroatoms. The van der Waals surface area contributed by atoms with Crippen LogP contribution in [-0.4, -0.2) is 4.98 Å². The van der Waals surface area contributed by atoms with Gasteiger partial charge in [-0.15, -0.1) is 0 Å². The molecule has 0 fully saturated rings. The summed E-state index contributed by atoms with van der Waals surface area (Å²) < 4.78 is 27.1. The third kappa shape index (κ3) is 2.37. The van der Waals surface area contributed by atoms with Crippen LogP contribution in [0.3, 0.4) is 0 Å². The Morgan fingerprint density at radius 2 is 1.90 bits per heavy atom. The van der Waals surface area contributed by atoms with E-state index in [2.05, 4.69) is 10.3 Å². The number of H-pyrrole nitrogens is 1. The third-order valence-electron chi connectivity index (χ3n) is 3.35. The molecule has 0 saturated heterocycles. The summed E-state index contributed by atoms with van der Waals surface area (Å²) in [7, 11) is 0. The van der Waals surface area contributed by atoms with Crippen LogP contribution in [0.25, 0.3) is 10.9 Å². The Kier molecular flexibility index (Phi) is 3.14. The second kappa shape index (κ2) is 4.96. The molecule has 0 aliphatic heterocycles. The molecule has 0 radical (unpaired) electrons. The minimum absolute atomic E-state index is 0.180. The topological polar surface area (TPSA) is 27.8 Å². The molecule has 2 aromatic carbocycles. The number of aromatic nitrogens is 1. The van der Waals surface area contributed by atoms with E-state index >= 15 is 0 Å². The SMILES string of the molecule is Cc1cc(F)c(NCc2ccc3cc[nH]c3c2)cc1F. The van der Waals surface area contributed by atoms with E-state index in [4.69, 9.17) is 0 Å². The Morgan fingerprint density at radius 1 is 1.05 bits per heavy atom. The predicted molar refractivity (Wildman–Crippen MR) is 76.7 cm³/mol. The van der Waals surface area contributed by atoms with Crippen LogP contribution in [0.2, 0.25) is 0 Å². The molecule has 3 rings (SSSR count). The van der Waals surface area contributed by atoms with Gasteiger partial charge in [-0.1, -0.05) is 12.1 Å². The quantitative estimate of drug-likeness (QED) is 0.728. The van der Waals surface area contributed by atoms with Gasteiger partial charge in [-0.25, -0.2) is 8.78 Å². The average Bonchev–Trinajstić information content (AvgIpc) is 2.89. The molecule has 0 atom stereocenters. The van der Waals surface area contributed by atoms with Crippen molar-refractivity contribution in [1.29, 1.82) is 0 Å². The standard InChI is InChI=1S/C16H14F2N2/c1-10-6-14(18)16(8-13(10)17)20-9-11-2-3-12-4-5-19-15(12)7-11/h2-8,19-20H,9H2,1H3. The van der Waals surface area contributed by atoms with Gasteiger partial charge in [0.05, 0.1) is 5.69 Å². The van der Waals surface area contributed by atoms with Crippen molar-refractivity contribution in [2.45, 2.75) is 13.5 Å². The molecule has 0 aliphatic carbocycles. The van der Waals surface area contributed by atoms with Gasteiger partial charge < -0.3 is 10.3 Å². The Morgan fingerprint density at radius 3 is 2.75 bits per heavy atom. The molecular weight excluding hydrogens is 258 g/mol. The zero-order valence-corrected chi connectivity index (χ0v) is 11.0. The largest absolute Gasteiger partial charge is 0.379 e. The zero-order valence-electron chi connectivity index (χ0n) is 11.0. The van der Waals surface area contributed by atoms with E-state index in [1.54, 1.807) is 6.92 Å². The fourth-order valence-corrected chi connectivity index (χ4v) is 2.18. The summed E-state index contributed by atoms with van der Waals surface area (Å²) in [6.45, 7) is 1.98. The van der Waals surface area contributed by atoms with Crippen LogP contribution in [-0.2, 0) is 6.54 Å². The van der Waals surface area contributed by atoms with Crippen molar-refractivity contribution >= 4 is 16.6 Å². The summed E-state index contributed by atoms with van der Waals surface area (Å²) in [6.07, 6.45) is 1.87. The highest BCUT2D eigenvalue weighted by Gasteiger charge is 2.07. The molecule has 0 aliphatic rings. The number of hydrogen-bond acceptors (Lipinski definition) is 1. The molecule has 0 unspecified atom stereocenters. The number of aromatic amines is 1. The lowest BCUT2D eigenvalue weighted by Crippen LogP contribution is -2.02. The Bertz CT molecular complexity index is 762. The Labute approximate surface area is 115 Å². The van der Waals surface area contributed by atoms with Crippen molar-refractivity contribution < 1.29 is 8.78 Å². The van der Waals surface area contributed by atoms with Crippen molar-refractivity contribution in [1.82, 2.24) is 4.98 Å². The molecule has 0 spiro atoms. The maximum absolute atomic E-state index is 13.7. The number of benzene rings is 2. The normalized spacial score (nSPS) is 10.9. The fourth-order valence-electron chi connectivity index (χ4n) is 2.18. The van der Waals surface area contributed by atoms with Crippen LogP contribution in [0.15, 0.2) is 42.6 Å². The lowest BCUT2D eigenvalue weighted by molar-refractivity contribution is 0.594. The lowest BCUT2D eigenvalue weighted by atomic mass is 10.1. The molecule has 2 nitrogen and oxygen atoms in total. The van der Waals surface area contributed by atoms with E-state index < -0.39 is 11.6 Å². The van der Waals surface area contributed by atoms with Gasteiger partial charge in [0.1, 0.15) is 11.6 Å². The average molecular weight is 272 g/mol. The summed E-state index contributed by atoms with van der Waals surface area (Å²) in [5.74, 6) is -0.849. The predicted octanol–water partition coefficient (Wildman–Crippen LogP) is 4.37. The number of anilines is 1. The molecule has 0 saturated carbocycles. The van der Waals surface area contributed by atoms with Crippen LogP contribution in [0.1, 0.15) is 11.1 Å². The van der Waals surface area contributed by atoms with Gasteiger partial charge in [0.25, 0.3) is 0 Å². The number of aryl methyl sites for hydroxylation is 1. The number of rotatable bonds is 3. The van der Waals surface area contributed by atoms with Crippen LogP contribution < -0.4 is 5.32 Å². The van der Waals surface area contributed by atoms with Gasteiger partial charge in [-0.3, -0.25) is 0 Å². The molecule has 0 bridgehead atoms. The zero-order chi connectivity index (χ0) is 14.1. The molecule has 3 aromatic rings. The lowest BCUT2D eigenvalue weighted by Gasteiger charge is -2.09. The van der Waals surface area contributed by atoms with Crippen LogP contribution in [0.4, 0.5) is 14.5 Å². The van der Waals surface area contributed by atoms with Crippen molar-refractivity contribution in [3.8, 4) is 0 Å². The molecule has 0 amide bonds. The summed E-state index contributed by atoms with van der Waals surface area (Å²) in [6, 6.07) is 10.3. The Balaban J connectivity index is 1.80. The Hall–Kier alpha value is -2.36. The first-order chi connectivity index (χ1) is 9.63. The number of halogens is 2. The summed E-state index contributed by atoms with van der Waals surface area (Å²) in [5.41, 5.74) is 2.51. The van der Waals surface area contributed by atoms with Crippen LogP contribution in [0, 0.1) is 18.6 Å². The minimum Gasteiger partial charge on any atom is -0.379 e. The third-order valence-corrected chi connectivity index (χ3v) is 3.35. The first kappa shape index (κ1) is 12.7. The smallest absolute Gasteiger partial charge is 0.146 e. The summed E-state index contributed by atoms with van der Waals surface area (Å²) >= 11 is 0.